The Morgan fingerprint density at radius 3 is 2.67 bits per heavy atom. The highest BCUT2D eigenvalue weighted by molar-refractivity contribution is 9.10. The van der Waals surface area contributed by atoms with Gasteiger partial charge in [-0.3, -0.25) is 0 Å². The van der Waals surface area contributed by atoms with E-state index in [1.54, 1.807) is 0 Å². The summed E-state index contributed by atoms with van der Waals surface area (Å²) in [6.45, 7) is 0. The molecular formula is C12H11BrClN. The van der Waals surface area contributed by atoms with Gasteiger partial charge in [0.05, 0.1) is 11.5 Å². The van der Waals surface area contributed by atoms with Crippen LogP contribution in [-0.2, 0) is 6.42 Å². The zero-order valence-electron chi connectivity index (χ0n) is 8.26. The van der Waals surface area contributed by atoms with Crippen LogP contribution in [0.25, 0.3) is 0 Å². The van der Waals surface area contributed by atoms with Gasteiger partial charge in [0, 0.05) is 9.50 Å². The molecule has 0 heterocycles. The Balaban J connectivity index is 2.21. The molecule has 1 aromatic carbocycles. The van der Waals surface area contributed by atoms with Crippen LogP contribution in [-0.4, -0.2) is 0 Å². The van der Waals surface area contributed by atoms with Gasteiger partial charge in [-0.2, -0.15) is 5.26 Å². The van der Waals surface area contributed by atoms with Crippen molar-refractivity contribution in [3.63, 3.8) is 0 Å². The number of rotatable bonds is 2. The molecule has 1 aromatic rings. The molecule has 0 spiro atoms. The predicted molar refractivity (Wildman–Crippen MR) is 64.8 cm³/mol. The van der Waals surface area contributed by atoms with Gasteiger partial charge >= 0.3 is 0 Å². The molecule has 0 bridgehead atoms. The van der Waals surface area contributed by atoms with Crippen molar-refractivity contribution >= 4 is 27.5 Å². The molecule has 78 valence electrons. The number of hydrogen-bond acceptors (Lipinski definition) is 1. The highest BCUT2D eigenvalue weighted by Gasteiger charge is 2.37. The third-order valence-corrected chi connectivity index (χ3v) is 3.94. The molecule has 0 atom stereocenters. The summed E-state index contributed by atoms with van der Waals surface area (Å²) < 4.78 is 0.982. The minimum atomic E-state index is -0.141. The second kappa shape index (κ2) is 4.15. The van der Waals surface area contributed by atoms with E-state index < -0.39 is 0 Å². The van der Waals surface area contributed by atoms with Gasteiger partial charge in [-0.1, -0.05) is 40.0 Å². The van der Waals surface area contributed by atoms with E-state index in [0.29, 0.717) is 0 Å². The largest absolute Gasteiger partial charge is 0.198 e. The number of nitriles is 1. The average molecular weight is 285 g/mol. The van der Waals surface area contributed by atoms with E-state index >= 15 is 0 Å². The van der Waals surface area contributed by atoms with Gasteiger partial charge in [-0.25, -0.2) is 0 Å². The van der Waals surface area contributed by atoms with Crippen molar-refractivity contribution in [1.82, 2.24) is 0 Å². The Bertz CT molecular complexity index is 418. The summed E-state index contributed by atoms with van der Waals surface area (Å²) in [5.74, 6) is 0. The lowest BCUT2D eigenvalue weighted by atomic mass is 9.66. The van der Waals surface area contributed by atoms with Crippen LogP contribution in [0, 0.1) is 16.7 Å². The van der Waals surface area contributed by atoms with Crippen LogP contribution in [0.3, 0.4) is 0 Å². The van der Waals surface area contributed by atoms with Gasteiger partial charge in [0.1, 0.15) is 0 Å². The number of hydrogen-bond donors (Lipinski definition) is 0. The quantitative estimate of drug-likeness (QED) is 0.792. The minimum Gasteiger partial charge on any atom is -0.198 e. The maximum atomic E-state index is 9.14. The fourth-order valence-corrected chi connectivity index (χ4v) is 2.70. The van der Waals surface area contributed by atoms with Crippen LogP contribution in [0.4, 0.5) is 0 Å². The molecular weight excluding hydrogens is 273 g/mol. The van der Waals surface area contributed by atoms with Crippen molar-refractivity contribution in [3.8, 4) is 6.07 Å². The monoisotopic (exact) mass is 283 g/mol. The van der Waals surface area contributed by atoms with Crippen LogP contribution in [0.2, 0.25) is 5.02 Å². The SMILES string of the molecule is N#CC1(Cc2ccc(Br)cc2Cl)CCC1. The summed E-state index contributed by atoms with van der Waals surface area (Å²) in [7, 11) is 0. The van der Waals surface area contributed by atoms with Gasteiger partial charge in [0.15, 0.2) is 0 Å². The van der Waals surface area contributed by atoms with E-state index in [4.69, 9.17) is 16.9 Å². The molecule has 3 heteroatoms. The summed E-state index contributed by atoms with van der Waals surface area (Å²) in [5.41, 5.74) is 0.943. The fourth-order valence-electron chi connectivity index (χ4n) is 1.96. The van der Waals surface area contributed by atoms with Gasteiger partial charge in [0.25, 0.3) is 0 Å². The highest BCUT2D eigenvalue weighted by Crippen LogP contribution is 2.44. The van der Waals surface area contributed by atoms with Crippen molar-refractivity contribution < 1.29 is 0 Å². The zero-order chi connectivity index (χ0) is 10.9. The van der Waals surface area contributed by atoms with E-state index in [0.717, 1.165) is 34.3 Å². The molecule has 0 saturated heterocycles. The number of benzene rings is 1. The summed E-state index contributed by atoms with van der Waals surface area (Å²) >= 11 is 9.51. The second-order valence-electron chi connectivity index (χ2n) is 4.16. The lowest BCUT2D eigenvalue weighted by molar-refractivity contribution is 0.214. The van der Waals surface area contributed by atoms with E-state index in [1.165, 1.54) is 6.42 Å². The summed E-state index contributed by atoms with van der Waals surface area (Å²) in [6, 6.07) is 8.31. The molecule has 15 heavy (non-hydrogen) atoms. The van der Waals surface area contributed by atoms with Crippen LogP contribution >= 0.6 is 27.5 Å². The fraction of sp³-hybridized carbons (Fsp3) is 0.417. The Morgan fingerprint density at radius 1 is 1.47 bits per heavy atom. The first kappa shape index (κ1) is 11.0. The number of nitrogens with zero attached hydrogens (tertiary/aromatic N) is 1. The van der Waals surface area contributed by atoms with Gasteiger partial charge in [0.2, 0.25) is 0 Å². The normalized spacial score (nSPS) is 17.9. The van der Waals surface area contributed by atoms with E-state index in [1.807, 2.05) is 18.2 Å². The molecule has 0 aromatic heterocycles. The first-order chi connectivity index (χ1) is 7.15. The van der Waals surface area contributed by atoms with Crippen molar-refractivity contribution in [2.75, 3.05) is 0 Å². The first-order valence-electron chi connectivity index (χ1n) is 5.00. The molecule has 0 N–H and O–H groups in total. The van der Waals surface area contributed by atoms with E-state index in [2.05, 4.69) is 22.0 Å². The van der Waals surface area contributed by atoms with Crippen molar-refractivity contribution in [2.45, 2.75) is 25.7 Å². The average Bonchev–Trinajstić information content (AvgIpc) is 2.14. The van der Waals surface area contributed by atoms with Crippen LogP contribution in [0.15, 0.2) is 22.7 Å². The Kier molecular flexibility index (Phi) is 3.04. The third-order valence-electron chi connectivity index (χ3n) is 3.09. The molecule has 1 aliphatic rings. The highest BCUT2D eigenvalue weighted by atomic mass is 79.9. The maximum Gasteiger partial charge on any atom is 0.0693 e. The molecule has 0 unspecified atom stereocenters. The van der Waals surface area contributed by atoms with Crippen LogP contribution < -0.4 is 0 Å². The Morgan fingerprint density at radius 2 is 2.20 bits per heavy atom. The molecule has 2 rings (SSSR count). The Hall–Kier alpha value is -0.520. The lowest BCUT2D eigenvalue weighted by Gasteiger charge is -2.35. The lowest BCUT2D eigenvalue weighted by Crippen LogP contribution is -2.29. The molecule has 1 nitrogen and oxygen atoms in total. The summed E-state index contributed by atoms with van der Waals surface area (Å²) in [4.78, 5) is 0. The molecule has 1 saturated carbocycles. The van der Waals surface area contributed by atoms with Gasteiger partial charge in [-0.15, -0.1) is 0 Å². The molecule has 0 amide bonds. The van der Waals surface area contributed by atoms with E-state index in [9.17, 15) is 0 Å². The van der Waals surface area contributed by atoms with Crippen molar-refractivity contribution in [3.05, 3.63) is 33.3 Å². The second-order valence-corrected chi connectivity index (χ2v) is 5.48. The zero-order valence-corrected chi connectivity index (χ0v) is 10.6. The third kappa shape index (κ3) is 2.19. The molecule has 0 aliphatic heterocycles. The van der Waals surface area contributed by atoms with Crippen molar-refractivity contribution in [1.29, 1.82) is 5.26 Å². The predicted octanol–water partition coefficient (Wildman–Crippen LogP) is 4.34. The summed E-state index contributed by atoms with van der Waals surface area (Å²) in [5, 5.41) is 9.90. The van der Waals surface area contributed by atoms with Crippen LogP contribution in [0.1, 0.15) is 24.8 Å². The first-order valence-corrected chi connectivity index (χ1v) is 6.17. The maximum absolute atomic E-state index is 9.14. The van der Waals surface area contributed by atoms with Gasteiger partial charge < -0.3 is 0 Å². The van der Waals surface area contributed by atoms with Gasteiger partial charge in [-0.05, 0) is 37.0 Å². The van der Waals surface area contributed by atoms with Crippen LogP contribution in [0.5, 0.6) is 0 Å². The van der Waals surface area contributed by atoms with E-state index in [-0.39, 0.29) is 5.41 Å². The molecule has 0 radical (unpaired) electrons. The smallest absolute Gasteiger partial charge is 0.0693 e. The summed E-state index contributed by atoms with van der Waals surface area (Å²) in [6.07, 6.45) is 3.98. The number of halogens is 2. The molecule has 1 fully saturated rings. The molecule has 1 aliphatic carbocycles. The Labute approximate surface area is 103 Å². The minimum absolute atomic E-state index is 0.141. The standard InChI is InChI=1S/C12H11BrClN/c13-10-3-2-9(11(14)6-10)7-12(8-15)4-1-5-12/h2-3,6H,1,4-5,7H2. The van der Waals surface area contributed by atoms with Crippen molar-refractivity contribution in [2.24, 2.45) is 5.41 Å². The topological polar surface area (TPSA) is 23.8 Å².